The van der Waals surface area contributed by atoms with Gasteiger partial charge in [-0.15, -0.1) is 0 Å². The highest BCUT2D eigenvalue weighted by molar-refractivity contribution is 5.81. The molecule has 16 heavy (non-hydrogen) atoms. The third-order valence-electron chi connectivity index (χ3n) is 2.69. The molecule has 1 atom stereocenters. The van der Waals surface area contributed by atoms with Crippen molar-refractivity contribution in [2.24, 2.45) is 5.41 Å². The Hall–Kier alpha value is -0.610. The summed E-state index contributed by atoms with van der Waals surface area (Å²) in [6.45, 7) is 12.3. The first-order valence-corrected chi connectivity index (χ1v) is 6.00. The van der Waals surface area contributed by atoms with Crippen LogP contribution in [0.5, 0.6) is 0 Å². The average molecular weight is 228 g/mol. The lowest BCUT2D eigenvalue weighted by molar-refractivity contribution is -0.129. The van der Waals surface area contributed by atoms with Crippen molar-refractivity contribution in [3.05, 3.63) is 0 Å². The standard InChI is InChI=1S/C12H24N2O2/c1-10(13-11(15)12(2,3)4)9-14-5-7-16-8-6-14/h10H,5-9H2,1-4H3,(H,13,15)/t10-/m1/s1. The quantitative estimate of drug-likeness (QED) is 0.779. The van der Waals surface area contributed by atoms with E-state index in [-0.39, 0.29) is 17.4 Å². The van der Waals surface area contributed by atoms with Gasteiger partial charge in [-0.1, -0.05) is 20.8 Å². The number of nitrogens with one attached hydrogen (secondary N) is 1. The molecule has 4 nitrogen and oxygen atoms in total. The Morgan fingerprint density at radius 2 is 1.94 bits per heavy atom. The summed E-state index contributed by atoms with van der Waals surface area (Å²) in [5.41, 5.74) is -0.306. The van der Waals surface area contributed by atoms with Gasteiger partial charge in [0.1, 0.15) is 0 Å². The molecule has 1 saturated heterocycles. The van der Waals surface area contributed by atoms with Crippen LogP contribution >= 0.6 is 0 Å². The summed E-state index contributed by atoms with van der Waals surface area (Å²) >= 11 is 0. The third-order valence-corrected chi connectivity index (χ3v) is 2.69. The summed E-state index contributed by atoms with van der Waals surface area (Å²) in [5.74, 6) is 0.119. The van der Waals surface area contributed by atoms with E-state index >= 15 is 0 Å². The minimum atomic E-state index is -0.306. The molecule has 0 spiro atoms. The lowest BCUT2D eigenvalue weighted by Crippen LogP contribution is -2.48. The molecule has 94 valence electrons. The smallest absolute Gasteiger partial charge is 0.225 e. The lowest BCUT2D eigenvalue weighted by Gasteiger charge is -2.30. The Labute approximate surface area is 98.3 Å². The zero-order valence-electron chi connectivity index (χ0n) is 10.9. The lowest BCUT2D eigenvalue weighted by atomic mass is 9.95. The zero-order valence-corrected chi connectivity index (χ0v) is 10.9. The number of amides is 1. The van der Waals surface area contributed by atoms with Crippen molar-refractivity contribution >= 4 is 5.91 Å². The fourth-order valence-corrected chi connectivity index (χ4v) is 1.66. The van der Waals surface area contributed by atoms with Crippen LogP contribution in [0.2, 0.25) is 0 Å². The number of hydrogen-bond donors (Lipinski definition) is 1. The fraction of sp³-hybridized carbons (Fsp3) is 0.917. The Morgan fingerprint density at radius 1 is 1.38 bits per heavy atom. The van der Waals surface area contributed by atoms with Crippen molar-refractivity contribution in [2.45, 2.75) is 33.7 Å². The van der Waals surface area contributed by atoms with E-state index < -0.39 is 0 Å². The summed E-state index contributed by atoms with van der Waals surface area (Å²) in [6, 6.07) is 0.199. The van der Waals surface area contributed by atoms with Crippen LogP contribution in [0.25, 0.3) is 0 Å². The van der Waals surface area contributed by atoms with Crippen LogP contribution < -0.4 is 5.32 Å². The predicted octanol–water partition coefficient (Wildman–Crippen LogP) is 0.869. The molecular weight excluding hydrogens is 204 g/mol. The second-order valence-electron chi connectivity index (χ2n) is 5.54. The molecule has 1 amide bonds. The van der Waals surface area contributed by atoms with Crippen LogP contribution in [0.3, 0.4) is 0 Å². The largest absolute Gasteiger partial charge is 0.379 e. The number of rotatable bonds is 3. The predicted molar refractivity (Wildman–Crippen MR) is 64.3 cm³/mol. The second-order valence-corrected chi connectivity index (χ2v) is 5.54. The van der Waals surface area contributed by atoms with Gasteiger partial charge < -0.3 is 10.1 Å². The molecule has 1 aliphatic rings. The highest BCUT2D eigenvalue weighted by atomic mass is 16.5. The van der Waals surface area contributed by atoms with Gasteiger partial charge in [0.2, 0.25) is 5.91 Å². The van der Waals surface area contributed by atoms with E-state index in [2.05, 4.69) is 17.1 Å². The van der Waals surface area contributed by atoms with Crippen LogP contribution in [-0.4, -0.2) is 49.7 Å². The van der Waals surface area contributed by atoms with Gasteiger partial charge in [0.05, 0.1) is 13.2 Å². The average Bonchev–Trinajstić information content (AvgIpc) is 2.17. The van der Waals surface area contributed by atoms with Crippen molar-refractivity contribution in [1.82, 2.24) is 10.2 Å². The van der Waals surface area contributed by atoms with Crippen molar-refractivity contribution in [2.75, 3.05) is 32.8 Å². The van der Waals surface area contributed by atoms with E-state index in [0.29, 0.717) is 0 Å². The first-order valence-electron chi connectivity index (χ1n) is 6.00. The van der Waals surface area contributed by atoms with Gasteiger partial charge in [-0.05, 0) is 6.92 Å². The van der Waals surface area contributed by atoms with E-state index in [1.54, 1.807) is 0 Å². The normalized spacial score (nSPS) is 20.5. The maximum Gasteiger partial charge on any atom is 0.225 e. The maximum atomic E-state index is 11.8. The molecule has 0 aliphatic carbocycles. The number of ether oxygens (including phenoxy) is 1. The molecule has 1 heterocycles. The third kappa shape index (κ3) is 4.49. The highest BCUT2D eigenvalue weighted by Crippen LogP contribution is 2.13. The molecule has 1 fully saturated rings. The van der Waals surface area contributed by atoms with Gasteiger partial charge in [0.25, 0.3) is 0 Å². The first kappa shape index (κ1) is 13.5. The Kier molecular flexibility index (Phi) is 4.74. The molecule has 1 rings (SSSR count). The fourth-order valence-electron chi connectivity index (χ4n) is 1.66. The van der Waals surface area contributed by atoms with E-state index in [1.165, 1.54) is 0 Å². The van der Waals surface area contributed by atoms with E-state index in [0.717, 1.165) is 32.8 Å². The monoisotopic (exact) mass is 228 g/mol. The number of carbonyl (C=O) groups excluding carboxylic acids is 1. The van der Waals surface area contributed by atoms with Crippen molar-refractivity contribution in [3.8, 4) is 0 Å². The summed E-state index contributed by atoms with van der Waals surface area (Å²) in [7, 11) is 0. The molecule has 0 unspecified atom stereocenters. The van der Waals surface area contributed by atoms with Gasteiger partial charge in [-0.25, -0.2) is 0 Å². The van der Waals surface area contributed by atoms with Crippen LogP contribution in [-0.2, 0) is 9.53 Å². The van der Waals surface area contributed by atoms with Crippen molar-refractivity contribution in [1.29, 1.82) is 0 Å². The number of morpholine rings is 1. The molecular formula is C12H24N2O2. The summed E-state index contributed by atoms with van der Waals surface area (Å²) in [6.07, 6.45) is 0. The van der Waals surface area contributed by atoms with Gasteiger partial charge in [-0.2, -0.15) is 0 Å². The molecule has 1 aliphatic heterocycles. The van der Waals surface area contributed by atoms with Crippen LogP contribution in [0.15, 0.2) is 0 Å². The Morgan fingerprint density at radius 3 is 2.44 bits per heavy atom. The number of hydrogen-bond acceptors (Lipinski definition) is 3. The SMILES string of the molecule is C[C@H](CN1CCOCC1)NC(=O)C(C)(C)C. The van der Waals surface area contributed by atoms with Gasteiger partial charge in [0.15, 0.2) is 0 Å². The summed E-state index contributed by atoms with van der Waals surface area (Å²) < 4.78 is 5.29. The van der Waals surface area contributed by atoms with Crippen molar-refractivity contribution < 1.29 is 9.53 Å². The van der Waals surface area contributed by atoms with E-state index in [9.17, 15) is 4.79 Å². The number of nitrogens with zero attached hydrogens (tertiary/aromatic N) is 1. The van der Waals surface area contributed by atoms with E-state index in [1.807, 2.05) is 20.8 Å². The highest BCUT2D eigenvalue weighted by Gasteiger charge is 2.23. The molecule has 0 radical (unpaired) electrons. The Balaban J connectivity index is 2.29. The summed E-state index contributed by atoms with van der Waals surface area (Å²) in [5, 5.41) is 3.05. The van der Waals surface area contributed by atoms with Gasteiger partial charge >= 0.3 is 0 Å². The first-order chi connectivity index (χ1) is 7.39. The minimum absolute atomic E-state index is 0.119. The van der Waals surface area contributed by atoms with Gasteiger partial charge in [-0.3, -0.25) is 9.69 Å². The molecule has 0 bridgehead atoms. The Bertz CT molecular complexity index is 230. The molecule has 0 saturated carbocycles. The molecule has 0 aromatic rings. The van der Waals surface area contributed by atoms with Gasteiger partial charge in [0, 0.05) is 31.1 Å². The molecule has 0 aromatic carbocycles. The molecule has 4 heteroatoms. The van der Waals surface area contributed by atoms with Crippen LogP contribution in [0.1, 0.15) is 27.7 Å². The van der Waals surface area contributed by atoms with Crippen LogP contribution in [0, 0.1) is 5.41 Å². The van der Waals surface area contributed by atoms with Crippen LogP contribution in [0.4, 0.5) is 0 Å². The van der Waals surface area contributed by atoms with E-state index in [4.69, 9.17) is 4.74 Å². The minimum Gasteiger partial charge on any atom is -0.379 e. The summed E-state index contributed by atoms with van der Waals surface area (Å²) in [4.78, 5) is 14.1. The molecule has 1 N–H and O–H groups in total. The van der Waals surface area contributed by atoms with Crippen molar-refractivity contribution in [3.63, 3.8) is 0 Å². The zero-order chi connectivity index (χ0) is 12.2. The maximum absolute atomic E-state index is 11.8. The number of carbonyl (C=O) groups is 1. The second kappa shape index (κ2) is 5.64. The molecule has 0 aromatic heterocycles. The topological polar surface area (TPSA) is 41.6 Å².